The number of nitrogens with one attached hydrogen (secondary N) is 1. The maximum absolute atomic E-state index is 3.63. The topological polar surface area (TPSA) is 12.0 Å². The summed E-state index contributed by atoms with van der Waals surface area (Å²) < 4.78 is 0. The molecule has 1 heterocycles. The SMILES string of the molecule is CCC(NCCc1ccsc1)c1ccccc1. The minimum Gasteiger partial charge on any atom is -0.310 e. The Morgan fingerprint density at radius 2 is 2.00 bits per heavy atom. The predicted octanol–water partition coefficient (Wildman–Crippen LogP) is 4.03. The van der Waals surface area contributed by atoms with E-state index in [4.69, 9.17) is 0 Å². The molecule has 1 aromatic carbocycles. The van der Waals surface area contributed by atoms with Crippen LogP contribution in [0.2, 0.25) is 0 Å². The van der Waals surface area contributed by atoms with Gasteiger partial charge in [-0.3, -0.25) is 0 Å². The van der Waals surface area contributed by atoms with Crippen LogP contribution in [0.1, 0.15) is 30.5 Å². The third-order valence-electron chi connectivity index (χ3n) is 2.99. The monoisotopic (exact) mass is 245 g/mol. The van der Waals surface area contributed by atoms with Crippen LogP contribution in [0, 0.1) is 0 Å². The molecule has 2 heteroatoms. The van der Waals surface area contributed by atoms with E-state index < -0.39 is 0 Å². The molecular weight excluding hydrogens is 226 g/mol. The molecular formula is C15H19NS. The second kappa shape index (κ2) is 6.58. The van der Waals surface area contributed by atoms with Gasteiger partial charge < -0.3 is 5.32 Å². The minimum atomic E-state index is 0.481. The van der Waals surface area contributed by atoms with Gasteiger partial charge in [-0.25, -0.2) is 0 Å². The molecule has 1 atom stereocenters. The molecule has 17 heavy (non-hydrogen) atoms. The average Bonchev–Trinajstić information content (AvgIpc) is 2.89. The summed E-state index contributed by atoms with van der Waals surface area (Å²) in [6, 6.07) is 13.4. The van der Waals surface area contributed by atoms with Crippen molar-refractivity contribution in [3.63, 3.8) is 0 Å². The molecule has 90 valence electrons. The quantitative estimate of drug-likeness (QED) is 0.810. The third-order valence-corrected chi connectivity index (χ3v) is 3.73. The summed E-state index contributed by atoms with van der Waals surface area (Å²) in [6.07, 6.45) is 2.25. The highest BCUT2D eigenvalue weighted by Gasteiger charge is 2.07. The Morgan fingerprint density at radius 1 is 1.18 bits per heavy atom. The average molecular weight is 245 g/mol. The van der Waals surface area contributed by atoms with Crippen molar-refractivity contribution in [3.8, 4) is 0 Å². The predicted molar refractivity (Wildman–Crippen MR) is 75.5 cm³/mol. The maximum atomic E-state index is 3.63. The molecule has 0 aliphatic heterocycles. The minimum absolute atomic E-state index is 0.481. The van der Waals surface area contributed by atoms with Crippen LogP contribution < -0.4 is 5.32 Å². The second-order valence-electron chi connectivity index (χ2n) is 4.21. The third kappa shape index (κ3) is 3.69. The van der Waals surface area contributed by atoms with E-state index in [1.807, 2.05) is 0 Å². The summed E-state index contributed by atoms with van der Waals surface area (Å²) in [4.78, 5) is 0. The largest absolute Gasteiger partial charge is 0.310 e. The summed E-state index contributed by atoms with van der Waals surface area (Å²) in [5.74, 6) is 0. The van der Waals surface area contributed by atoms with Gasteiger partial charge in [-0.15, -0.1) is 0 Å². The van der Waals surface area contributed by atoms with E-state index in [1.165, 1.54) is 11.1 Å². The van der Waals surface area contributed by atoms with Gasteiger partial charge in [-0.2, -0.15) is 11.3 Å². The molecule has 0 amide bonds. The van der Waals surface area contributed by atoms with Crippen molar-refractivity contribution < 1.29 is 0 Å². The lowest BCUT2D eigenvalue weighted by atomic mass is 10.0. The normalized spacial score (nSPS) is 12.5. The molecule has 0 saturated carbocycles. The van der Waals surface area contributed by atoms with Gasteiger partial charge in [0.1, 0.15) is 0 Å². The standard InChI is InChI=1S/C15H19NS/c1-2-15(14-6-4-3-5-7-14)16-10-8-13-9-11-17-12-13/h3-7,9,11-12,15-16H,2,8,10H2,1H3. The van der Waals surface area contributed by atoms with E-state index in [1.54, 1.807) is 11.3 Å². The Labute approximate surface area is 108 Å². The first-order valence-electron chi connectivity index (χ1n) is 6.19. The van der Waals surface area contributed by atoms with Crippen LogP contribution in [-0.4, -0.2) is 6.54 Å². The summed E-state index contributed by atoms with van der Waals surface area (Å²) >= 11 is 1.77. The Kier molecular flexibility index (Phi) is 4.77. The lowest BCUT2D eigenvalue weighted by Crippen LogP contribution is -2.23. The zero-order valence-corrected chi connectivity index (χ0v) is 11.0. The molecule has 0 aliphatic carbocycles. The number of rotatable bonds is 6. The van der Waals surface area contributed by atoms with Crippen LogP contribution in [-0.2, 0) is 6.42 Å². The van der Waals surface area contributed by atoms with E-state index >= 15 is 0 Å². The first-order chi connectivity index (χ1) is 8.40. The van der Waals surface area contributed by atoms with Gasteiger partial charge in [0, 0.05) is 6.04 Å². The van der Waals surface area contributed by atoms with E-state index in [9.17, 15) is 0 Å². The molecule has 1 aromatic heterocycles. The van der Waals surface area contributed by atoms with Crippen LogP contribution in [0.15, 0.2) is 47.2 Å². The number of hydrogen-bond acceptors (Lipinski definition) is 2. The van der Waals surface area contributed by atoms with E-state index in [0.29, 0.717) is 6.04 Å². The highest BCUT2D eigenvalue weighted by Crippen LogP contribution is 2.16. The van der Waals surface area contributed by atoms with E-state index in [2.05, 4.69) is 59.4 Å². The van der Waals surface area contributed by atoms with Crippen molar-refractivity contribution >= 4 is 11.3 Å². The molecule has 0 saturated heterocycles. The van der Waals surface area contributed by atoms with Crippen molar-refractivity contribution in [1.82, 2.24) is 5.32 Å². The number of thiophene rings is 1. The highest BCUT2D eigenvalue weighted by atomic mass is 32.1. The molecule has 1 unspecified atom stereocenters. The van der Waals surface area contributed by atoms with Crippen LogP contribution in [0.3, 0.4) is 0 Å². The van der Waals surface area contributed by atoms with E-state index in [0.717, 1.165) is 19.4 Å². The lowest BCUT2D eigenvalue weighted by Gasteiger charge is -2.17. The highest BCUT2D eigenvalue weighted by molar-refractivity contribution is 7.07. The zero-order chi connectivity index (χ0) is 11.9. The van der Waals surface area contributed by atoms with Crippen LogP contribution in [0.4, 0.5) is 0 Å². The zero-order valence-electron chi connectivity index (χ0n) is 10.2. The number of hydrogen-bond donors (Lipinski definition) is 1. The Hall–Kier alpha value is -1.12. The Morgan fingerprint density at radius 3 is 2.65 bits per heavy atom. The van der Waals surface area contributed by atoms with Gasteiger partial charge in [0.15, 0.2) is 0 Å². The van der Waals surface area contributed by atoms with Crippen molar-refractivity contribution in [3.05, 3.63) is 58.3 Å². The molecule has 2 rings (SSSR count). The van der Waals surface area contributed by atoms with Gasteiger partial charge in [0.05, 0.1) is 0 Å². The summed E-state index contributed by atoms with van der Waals surface area (Å²) in [6.45, 7) is 3.28. The van der Waals surface area contributed by atoms with Crippen molar-refractivity contribution in [2.75, 3.05) is 6.54 Å². The summed E-state index contributed by atoms with van der Waals surface area (Å²) in [5, 5.41) is 8.00. The van der Waals surface area contributed by atoms with Gasteiger partial charge in [0.2, 0.25) is 0 Å². The van der Waals surface area contributed by atoms with Gasteiger partial charge in [-0.1, -0.05) is 37.3 Å². The van der Waals surface area contributed by atoms with Crippen LogP contribution in [0.25, 0.3) is 0 Å². The fourth-order valence-corrected chi connectivity index (χ4v) is 2.71. The molecule has 0 aliphatic rings. The van der Waals surface area contributed by atoms with Crippen LogP contribution in [0.5, 0.6) is 0 Å². The smallest absolute Gasteiger partial charge is 0.0317 e. The molecule has 2 aromatic rings. The van der Waals surface area contributed by atoms with Gasteiger partial charge in [0.25, 0.3) is 0 Å². The second-order valence-corrected chi connectivity index (χ2v) is 4.99. The fourth-order valence-electron chi connectivity index (χ4n) is 2.01. The first kappa shape index (κ1) is 12.3. The molecule has 0 bridgehead atoms. The fraction of sp³-hybridized carbons (Fsp3) is 0.333. The first-order valence-corrected chi connectivity index (χ1v) is 7.14. The van der Waals surface area contributed by atoms with Gasteiger partial charge in [-0.05, 0) is 47.3 Å². The Bertz CT molecular complexity index is 408. The van der Waals surface area contributed by atoms with Crippen molar-refractivity contribution in [2.45, 2.75) is 25.8 Å². The molecule has 0 radical (unpaired) electrons. The maximum Gasteiger partial charge on any atom is 0.0317 e. The molecule has 1 N–H and O–H groups in total. The molecule has 0 spiro atoms. The van der Waals surface area contributed by atoms with Gasteiger partial charge >= 0.3 is 0 Å². The molecule has 0 fully saturated rings. The van der Waals surface area contributed by atoms with Crippen molar-refractivity contribution in [2.24, 2.45) is 0 Å². The Balaban J connectivity index is 1.84. The summed E-state index contributed by atoms with van der Waals surface area (Å²) in [5.41, 5.74) is 2.82. The lowest BCUT2D eigenvalue weighted by molar-refractivity contribution is 0.523. The van der Waals surface area contributed by atoms with Crippen molar-refractivity contribution in [1.29, 1.82) is 0 Å². The number of benzene rings is 1. The summed E-state index contributed by atoms with van der Waals surface area (Å²) in [7, 11) is 0. The van der Waals surface area contributed by atoms with E-state index in [-0.39, 0.29) is 0 Å². The molecule has 1 nitrogen and oxygen atoms in total. The van der Waals surface area contributed by atoms with Crippen LogP contribution >= 0.6 is 11.3 Å².